The number of anilines is 1. The molecule has 0 unspecified atom stereocenters. The summed E-state index contributed by atoms with van der Waals surface area (Å²) in [6, 6.07) is 0. The average Bonchev–Trinajstić information content (AvgIpc) is 2.84. The summed E-state index contributed by atoms with van der Waals surface area (Å²) >= 11 is 1.42. The highest BCUT2D eigenvalue weighted by Crippen LogP contribution is 2.15. The molecule has 0 spiro atoms. The van der Waals surface area contributed by atoms with Crippen molar-refractivity contribution >= 4 is 28.3 Å². The summed E-state index contributed by atoms with van der Waals surface area (Å²) in [6.45, 7) is 5.40. The molecule has 0 bridgehead atoms. The van der Waals surface area contributed by atoms with E-state index in [1.54, 1.807) is 6.92 Å². The van der Waals surface area contributed by atoms with Crippen LogP contribution < -0.4 is 10.6 Å². The number of amides is 1. The largest absolute Gasteiger partial charge is 0.466 e. The third kappa shape index (κ3) is 6.51. The van der Waals surface area contributed by atoms with E-state index in [1.807, 2.05) is 12.3 Å². The molecule has 20 heavy (non-hydrogen) atoms. The van der Waals surface area contributed by atoms with Gasteiger partial charge in [0.15, 0.2) is 5.13 Å². The van der Waals surface area contributed by atoms with E-state index in [2.05, 4.69) is 15.6 Å². The van der Waals surface area contributed by atoms with Crippen LogP contribution in [0.4, 0.5) is 5.13 Å². The fourth-order valence-electron chi connectivity index (χ4n) is 1.47. The Labute approximate surface area is 122 Å². The minimum absolute atomic E-state index is 0.0302. The van der Waals surface area contributed by atoms with E-state index in [9.17, 15) is 9.59 Å². The standard InChI is InChI=1S/C13H21N3O3S/c1-3-6-14-11(17)5-7-15-13-16-10(9-20-13)8-12(18)19-4-2/h9H,3-8H2,1-2H3,(H,14,17)(H,15,16). The molecule has 1 aromatic rings. The highest BCUT2D eigenvalue weighted by Gasteiger charge is 2.08. The number of aromatic nitrogens is 1. The number of thiazole rings is 1. The van der Waals surface area contributed by atoms with Crippen LogP contribution in [0.5, 0.6) is 0 Å². The van der Waals surface area contributed by atoms with Gasteiger partial charge in [0.1, 0.15) is 0 Å². The van der Waals surface area contributed by atoms with E-state index in [-0.39, 0.29) is 18.3 Å². The van der Waals surface area contributed by atoms with Gasteiger partial charge in [-0.05, 0) is 13.3 Å². The molecule has 0 saturated heterocycles. The van der Waals surface area contributed by atoms with Crippen molar-refractivity contribution in [2.75, 3.05) is 25.0 Å². The molecule has 1 aromatic heterocycles. The second-order valence-corrected chi connectivity index (χ2v) is 5.01. The summed E-state index contributed by atoms with van der Waals surface area (Å²) in [7, 11) is 0. The lowest BCUT2D eigenvalue weighted by Gasteiger charge is -2.04. The van der Waals surface area contributed by atoms with Crippen LogP contribution in [0.25, 0.3) is 0 Å². The Morgan fingerprint density at radius 2 is 2.15 bits per heavy atom. The number of nitrogens with zero attached hydrogens (tertiary/aromatic N) is 1. The summed E-state index contributed by atoms with van der Waals surface area (Å²) in [6.07, 6.45) is 1.53. The van der Waals surface area contributed by atoms with E-state index in [0.717, 1.165) is 6.42 Å². The Balaban J connectivity index is 2.26. The number of hydrogen-bond donors (Lipinski definition) is 2. The van der Waals surface area contributed by atoms with Crippen LogP contribution >= 0.6 is 11.3 Å². The molecule has 6 nitrogen and oxygen atoms in total. The zero-order chi connectivity index (χ0) is 14.8. The van der Waals surface area contributed by atoms with Crippen LogP contribution in [0.15, 0.2) is 5.38 Å². The van der Waals surface area contributed by atoms with Gasteiger partial charge in [-0.1, -0.05) is 6.92 Å². The fourth-order valence-corrected chi connectivity index (χ4v) is 2.20. The van der Waals surface area contributed by atoms with Crippen LogP contribution in [-0.2, 0) is 20.7 Å². The maximum Gasteiger partial charge on any atom is 0.311 e. The molecule has 0 atom stereocenters. The van der Waals surface area contributed by atoms with Crippen molar-refractivity contribution in [3.05, 3.63) is 11.1 Å². The van der Waals surface area contributed by atoms with Crippen LogP contribution in [-0.4, -0.2) is 36.6 Å². The van der Waals surface area contributed by atoms with Gasteiger partial charge in [-0.2, -0.15) is 0 Å². The van der Waals surface area contributed by atoms with Crippen LogP contribution in [0.1, 0.15) is 32.4 Å². The van der Waals surface area contributed by atoms with Gasteiger partial charge < -0.3 is 15.4 Å². The summed E-state index contributed by atoms with van der Waals surface area (Å²) < 4.78 is 4.86. The zero-order valence-corrected chi connectivity index (χ0v) is 12.7. The first-order valence-electron chi connectivity index (χ1n) is 6.76. The number of rotatable bonds is 9. The quantitative estimate of drug-likeness (QED) is 0.677. The molecule has 0 aromatic carbocycles. The Hall–Kier alpha value is -1.63. The molecule has 7 heteroatoms. The number of esters is 1. The Bertz CT molecular complexity index is 434. The van der Waals surface area contributed by atoms with Crippen molar-refractivity contribution in [3.63, 3.8) is 0 Å². The van der Waals surface area contributed by atoms with Gasteiger partial charge >= 0.3 is 5.97 Å². The van der Waals surface area contributed by atoms with E-state index in [4.69, 9.17) is 4.74 Å². The fraction of sp³-hybridized carbons (Fsp3) is 0.615. The first kappa shape index (κ1) is 16.4. The molecule has 112 valence electrons. The van der Waals surface area contributed by atoms with Gasteiger partial charge in [0.2, 0.25) is 5.91 Å². The Morgan fingerprint density at radius 3 is 2.85 bits per heavy atom. The first-order valence-corrected chi connectivity index (χ1v) is 7.64. The summed E-state index contributed by atoms with van der Waals surface area (Å²) in [5, 5.41) is 8.41. The molecule has 1 rings (SSSR count). The molecular formula is C13H21N3O3S. The molecule has 2 N–H and O–H groups in total. The lowest BCUT2D eigenvalue weighted by molar-refractivity contribution is -0.142. The predicted octanol–water partition coefficient (Wildman–Crippen LogP) is 1.58. The van der Waals surface area contributed by atoms with Crippen LogP contribution in [0, 0.1) is 0 Å². The topological polar surface area (TPSA) is 80.3 Å². The summed E-state index contributed by atoms with van der Waals surface area (Å²) in [5.74, 6) is -0.244. The zero-order valence-electron chi connectivity index (χ0n) is 11.9. The lowest BCUT2D eigenvalue weighted by Crippen LogP contribution is -2.25. The third-order valence-electron chi connectivity index (χ3n) is 2.38. The van der Waals surface area contributed by atoms with Gasteiger partial charge in [0.25, 0.3) is 0 Å². The second-order valence-electron chi connectivity index (χ2n) is 4.15. The molecular weight excluding hydrogens is 278 g/mol. The number of carbonyl (C=O) groups excluding carboxylic acids is 2. The van der Waals surface area contributed by atoms with Crippen LogP contribution in [0.2, 0.25) is 0 Å². The average molecular weight is 299 g/mol. The SMILES string of the molecule is CCCNC(=O)CCNc1nc(CC(=O)OCC)cs1. The molecule has 1 heterocycles. The second kappa shape index (κ2) is 9.30. The normalized spacial score (nSPS) is 10.1. The van der Waals surface area contributed by atoms with Gasteiger partial charge in [-0.15, -0.1) is 11.3 Å². The minimum atomic E-state index is -0.275. The number of hydrogen-bond acceptors (Lipinski definition) is 6. The van der Waals surface area contributed by atoms with Gasteiger partial charge in [0, 0.05) is 24.9 Å². The number of ether oxygens (including phenoxy) is 1. The summed E-state index contributed by atoms with van der Waals surface area (Å²) in [4.78, 5) is 26.9. The molecule has 0 aliphatic carbocycles. The van der Waals surface area contributed by atoms with Crippen LogP contribution in [0.3, 0.4) is 0 Å². The van der Waals surface area contributed by atoms with Gasteiger partial charge in [0.05, 0.1) is 18.7 Å². The molecule has 0 aliphatic heterocycles. The van der Waals surface area contributed by atoms with Gasteiger partial charge in [-0.25, -0.2) is 4.98 Å². The third-order valence-corrected chi connectivity index (χ3v) is 3.23. The lowest BCUT2D eigenvalue weighted by atomic mass is 10.3. The van der Waals surface area contributed by atoms with Crippen molar-refractivity contribution in [1.82, 2.24) is 10.3 Å². The molecule has 0 aliphatic rings. The Morgan fingerprint density at radius 1 is 1.35 bits per heavy atom. The highest BCUT2D eigenvalue weighted by molar-refractivity contribution is 7.13. The summed E-state index contributed by atoms with van der Waals surface area (Å²) in [5.41, 5.74) is 0.686. The predicted molar refractivity (Wildman–Crippen MR) is 78.9 cm³/mol. The monoisotopic (exact) mass is 299 g/mol. The molecule has 0 fully saturated rings. The molecule has 0 radical (unpaired) electrons. The van der Waals surface area contributed by atoms with E-state index < -0.39 is 0 Å². The van der Waals surface area contributed by atoms with Gasteiger partial charge in [-0.3, -0.25) is 9.59 Å². The van der Waals surface area contributed by atoms with Crippen molar-refractivity contribution in [2.24, 2.45) is 0 Å². The highest BCUT2D eigenvalue weighted by atomic mass is 32.1. The minimum Gasteiger partial charge on any atom is -0.466 e. The number of carbonyl (C=O) groups is 2. The maximum absolute atomic E-state index is 11.4. The smallest absolute Gasteiger partial charge is 0.311 e. The Kier molecular flexibility index (Phi) is 7.64. The van der Waals surface area contributed by atoms with E-state index in [0.29, 0.717) is 36.9 Å². The van der Waals surface area contributed by atoms with Crippen molar-refractivity contribution in [3.8, 4) is 0 Å². The van der Waals surface area contributed by atoms with Crippen molar-refractivity contribution in [1.29, 1.82) is 0 Å². The molecule has 0 saturated carbocycles. The van der Waals surface area contributed by atoms with E-state index >= 15 is 0 Å². The van der Waals surface area contributed by atoms with E-state index in [1.165, 1.54) is 11.3 Å². The maximum atomic E-state index is 11.4. The number of nitrogens with one attached hydrogen (secondary N) is 2. The first-order chi connectivity index (χ1) is 9.65. The van der Waals surface area contributed by atoms with Crippen molar-refractivity contribution in [2.45, 2.75) is 33.1 Å². The molecule has 1 amide bonds. The van der Waals surface area contributed by atoms with Crippen molar-refractivity contribution < 1.29 is 14.3 Å².